The first-order chi connectivity index (χ1) is 16.8. The first kappa shape index (κ1) is 26.3. The second-order valence-electron chi connectivity index (χ2n) is 9.19. The Bertz CT molecular complexity index is 992. The van der Waals surface area contributed by atoms with Gasteiger partial charge >= 0.3 is 12.1 Å². The van der Waals surface area contributed by atoms with Crippen LogP contribution in [0.1, 0.15) is 63.5 Å². The monoisotopic (exact) mass is 480 g/mol. The highest BCUT2D eigenvalue weighted by atomic mass is 16.5. The fraction of sp³-hybridized carbons (Fsp3) is 0.464. The number of likely N-dealkylation sites (N-methyl/N-ethyl adjacent to an activating group) is 1. The summed E-state index contributed by atoms with van der Waals surface area (Å²) in [5.74, 6) is -0.913. The molecule has 0 saturated heterocycles. The van der Waals surface area contributed by atoms with Crippen molar-refractivity contribution in [2.24, 2.45) is 5.92 Å². The van der Waals surface area contributed by atoms with E-state index in [-0.39, 0.29) is 30.8 Å². The molecule has 0 saturated carbocycles. The van der Waals surface area contributed by atoms with E-state index in [1.807, 2.05) is 45.0 Å². The molecule has 3 rings (SSSR count). The zero-order valence-corrected chi connectivity index (χ0v) is 20.8. The van der Waals surface area contributed by atoms with Crippen LogP contribution < -0.4 is 5.32 Å². The number of hydrogen-bond donors (Lipinski definition) is 2. The van der Waals surface area contributed by atoms with E-state index >= 15 is 0 Å². The minimum absolute atomic E-state index is 0.000381. The first-order valence-corrected chi connectivity index (χ1v) is 12.5. The van der Waals surface area contributed by atoms with Gasteiger partial charge in [-0.1, -0.05) is 68.8 Å². The third-order valence-corrected chi connectivity index (χ3v) is 6.78. The highest BCUT2D eigenvalue weighted by Crippen LogP contribution is 2.44. The molecule has 0 radical (unpaired) electrons. The van der Waals surface area contributed by atoms with Crippen molar-refractivity contribution in [3.05, 3.63) is 59.7 Å². The third-order valence-electron chi connectivity index (χ3n) is 6.78. The van der Waals surface area contributed by atoms with Crippen molar-refractivity contribution in [3.8, 4) is 11.1 Å². The molecule has 1 aliphatic rings. The van der Waals surface area contributed by atoms with Crippen molar-refractivity contribution in [3.63, 3.8) is 0 Å². The molecule has 2 aromatic rings. The number of benzene rings is 2. The van der Waals surface area contributed by atoms with E-state index < -0.39 is 18.1 Å². The van der Waals surface area contributed by atoms with Gasteiger partial charge in [-0.05, 0) is 47.9 Å². The largest absolute Gasteiger partial charge is 0.481 e. The molecule has 35 heavy (non-hydrogen) atoms. The molecule has 1 aliphatic carbocycles. The Morgan fingerprint density at radius 3 is 2.17 bits per heavy atom. The van der Waals surface area contributed by atoms with Crippen LogP contribution in [0.2, 0.25) is 0 Å². The maximum Gasteiger partial charge on any atom is 0.407 e. The highest BCUT2D eigenvalue weighted by molar-refractivity contribution is 5.86. The molecule has 0 bridgehead atoms. The molecule has 0 fully saturated rings. The standard InChI is InChI=1S/C28H36N2O5/c1-4-19(3)17-25(27(33)30(5-2)16-10-15-26(31)32)29-28(34)35-18-24-22-13-8-6-11-20(22)21-12-7-9-14-23(21)24/h6-9,11-14,19,24-25H,4-5,10,15-18H2,1-3H3,(H,29,34)(H,31,32). The second-order valence-corrected chi connectivity index (χ2v) is 9.19. The predicted octanol–water partition coefficient (Wildman–Crippen LogP) is 5.04. The van der Waals surface area contributed by atoms with Crippen LogP contribution in [0.4, 0.5) is 4.79 Å². The van der Waals surface area contributed by atoms with Gasteiger partial charge in [0.25, 0.3) is 0 Å². The fourth-order valence-corrected chi connectivity index (χ4v) is 4.64. The fourth-order valence-electron chi connectivity index (χ4n) is 4.64. The van der Waals surface area contributed by atoms with Gasteiger partial charge < -0.3 is 20.1 Å². The highest BCUT2D eigenvalue weighted by Gasteiger charge is 2.31. The summed E-state index contributed by atoms with van der Waals surface area (Å²) < 4.78 is 5.66. The van der Waals surface area contributed by atoms with Gasteiger partial charge in [-0.25, -0.2) is 4.79 Å². The lowest BCUT2D eigenvalue weighted by Crippen LogP contribution is -2.49. The van der Waals surface area contributed by atoms with E-state index in [4.69, 9.17) is 9.84 Å². The van der Waals surface area contributed by atoms with Crippen molar-refractivity contribution in [2.45, 2.75) is 58.4 Å². The molecule has 2 unspecified atom stereocenters. The van der Waals surface area contributed by atoms with Crippen molar-refractivity contribution >= 4 is 18.0 Å². The van der Waals surface area contributed by atoms with Crippen molar-refractivity contribution < 1.29 is 24.2 Å². The Morgan fingerprint density at radius 2 is 1.63 bits per heavy atom. The average molecular weight is 481 g/mol. The molecule has 2 N–H and O–H groups in total. The number of nitrogens with zero attached hydrogens (tertiary/aromatic N) is 1. The smallest absolute Gasteiger partial charge is 0.407 e. The Hall–Kier alpha value is -3.35. The Kier molecular flexibility index (Phi) is 9.29. The SMILES string of the molecule is CCC(C)CC(NC(=O)OCC1c2ccccc2-c2ccccc21)C(=O)N(CC)CCCC(=O)O. The summed E-state index contributed by atoms with van der Waals surface area (Å²) in [7, 11) is 0. The quantitative estimate of drug-likeness (QED) is 0.444. The van der Waals surface area contributed by atoms with Gasteiger partial charge in [0.2, 0.25) is 5.91 Å². The van der Waals surface area contributed by atoms with E-state index in [1.54, 1.807) is 4.90 Å². The van der Waals surface area contributed by atoms with Crippen molar-refractivity contribution in [1.29, 1.82) is 0 Å². The van der Waals surface area contributed by atoms with E-state index in [0.717, 1.165) is 28.7 Å². The number of carbonyl (C=O) groups excluding carboxylic acids is 2. The number of carboxylic acid groups (broad SMARTS) is 1. The number of fused-ring (bicyclic) bond motifs is 3. The number of amides is 2. The van der Waals surface area contributed by atoms with E-state index in [2.05, 4.69) is 29.6 Å². The van der Waals surface area contributed by atoms with Gasteiger partial charge in [-0.3, -0.25) is 9.59 Å². The summed E-state index contributed by atoms with van der Waals surface area (Å²) in [4.78, 5) is 38.5. The number of carboxylic acids is 1. The molecule has 7 heteroatoms. The molecule has 2 aromatic carbocycles. The van der Waals surface area contributed by atoms with Crippen LogP contribution in [0.15, 0.2) is 48.5 Å². The average Bonchev–Trinajstić information content (AvgIpc) is 3.18. The van der Waals surface area contributed by atoms with Gasteiger partial charge in [0, 0.05) is 25.4 Å². The van der Waals surface area contributed by atoms with Crippen LogP contribution in [-0.4, -0.2) is 53.7 Å². The number of ether oxygens (including phenoxy) is 1. The summed E-state index contributed by atoms with van der Waals surface area (Å²) in [6.07, 6.45) is 1.13. The summed E-state index contributed by atoms with van der Waals surface area (Å²) >= 11 is 0. The molecule has 2 atom stereocenters. The van der Waals surface area contributed by atoms with Crippen LogP contribution in [0.3, 0.4) is 0 Å². The molecule has 0 spiro atoms. The molecule has 0 aromatic heterocycles. The van der Waals surface area contributed by atoms with Gasteiger partial charge in [-0.15, -0.1) is 0 Å². The minimum Gasteiger partial charge on any atom is -0.481 e. The van der Waals surface area contributed by atoms with Crippen molar-refractivity contribution in [2.75, 3.05) is 19.7 Å². The molecule has 0 heterocycles. The number of rotatable bonds is 12. The zero-order valence-electron chi connectivity index (χ0n) is 20.8. The maximum absolute atomic E-state index is 13.2. The lowest BCUT2D eigenvalue weighted by Gasteiger charge is -2.28. The van der Waals surface area contributed by atoms with Gasteiger partial charge in [0.05, 0.1) is 0 Å². The molecule has 2 amide bonds. The van der Waals surface area contributed by atoms with Crippen LogP contribution in [-0.2, 0) is 14.3 Å². The topological polar surface area (TPSA) is 95.9 Å². The maximum atomic E-state index is 13.2. The molecular formula is C28H36N2O5. The van der Waals surface area contributed by atoms with Crippen LogP contribution in [0.5, 0.6) is 0 Å². The first-order valence-electron chi connectivity index (χ1n) is 12.5. The predicted molar refractivity (Wildman–Crippen MR) is 135 cm³/mol. The van der Waals surface area contributed by atoms with E-state index in [1.165, 1.54) is 0 Å². The van der Waals surface area contributed by atoms with Crippen LogP contribution in [0, 0.1) is 5.92 Å². The summed E-state index contributed by atoms with van der Waals surface area (Å²) in [6.45, 7) is 6.91. The van der Waals surface area contributed by atoms with E-state index in [9.17, 15) is 14.4 Å². The number of hydrogen-bond acceptors (Lipinski definition) is 4. The molecular weight excluding hydrogens is 444 g/mol. The van der Waals surface area contributed by atoms with Crippen molar-refractivity contribution in [1.82, 2.24) is 10.2 Å². The Balaban J connectivity index is 1.67. The number of carbonyl (C=O) groups is 3. The lowest BCUT2D eigenvalue weighted by molar-refractivity contribution is -0.138. The number of alkyl carbamates (subject to hydrolysis) is 1. The van der Waals surface area contributed by atoms with E-state index in [0.29, 0.717) is 25.9 Å². The van der Waals surface area contributed by atoms with Gasteiger partial charge in [-0.2, -0.15) is 0 Å². The van der Waals surface area contributed by atoms with Gasteiger partial charge in [0.1, 0.15) is 12.6 Å². The molecule has 188 valence electrons. The molecule has 7 nitrogen and oxygen atoms in total. The Labute approximate surface area is 207 Å². The van der Waals surface area contributed by atoms with Crippen LogP contribution >= 0.6 is 0 Å². The van der Waals surface area contributed by atoms with Gasteiger partial charge in [0.15, 0.2) is 0 Å². The minimum atomic E-state index is -0.888. The lowest BCUT2D eigenvalue weighted by atomic mass is 9.98. The summed E-state index contributed by atoms with van der Waals surface area (Å²) in [5, 5.41) is 11.7. The Morgan fingerprint density at radius 1 is 1.03 bits per heavy atom. The number of aliphatic carboxylic acids is 1. The third kappa shape index (κ3) is 6.62. The second kappa shape index (κ2) is 12.4. The summed E-state index contributed by atoms with van der Waals surface area (Å²) in [5.41, 5.74) is 4.57. The van der Waals surface area contributed by atoms with Crippen LogP contribution in [0.25, 0.3) is 11.1 Å². The molecule has 0 aliphatic heterocycles. The number of nitrogens with one attached hydrogen (secondary N) is 1. The summed E-state index contributed by atoms with van der Waals surface area (Å²) in [6, 6.07) is 15.6. The zero-order chi connectivity index (χ0) is 25.4. The normalized spacial score (nSPS) is 13.9.